The number of aromatic nitrogens is 3. The second kappa shape index (κ2) is 5.95. The van der Waals surface area contributed by atoms with Crippen molar-refractivity contribution in [1.82, 2.24) is 15.0 Å². The zero-order valence-electron chi connectivity index (χ0n) is 12.4. The van der Waals surface area contributed by atoms with Crippen LogP contribution in [0.5, 0.6) is 5.88 Å². The van der Waals surface area contributed by atoms with Crippen molar-refractivity contribution in [3.63, 3.8) is 0 Å². The van der Waals surface area contributed by atoms with E-state index in [9.17, 15) is 0 Å². The number of rotatable bonds is 3. The van der Waals surface area contributed by atoms with Crippen molar-refractivity contribution >= 4 is 11.6 Å². The Balaban J connectivity index is 1.69. The molecule has 0 unspecified atom stereocenters. The van der Waals surface area contributed by atoms with Gasteiger partial charge in [0.15, 0.2) is 0 Å². The quantitative estimate of drug-likeness (QED) is 0.852. The Kier molecular flexibility index (Phi) is 3.85. The zero-order chi connectivity index (χ0) is 14.7. The molecule has 1 aliphatic rings. The molecule has 1 fully saturated rings. The molecule has 110 valence electrons. The van der Waals surface area contributed by atoms with Crippen molar-refractivity contribution < 1.29 is 4.74 Å². The van der Waals surface area contributed by atoms with E-state index in [2.05, 4.69) is 31.7 Å². The van der Waals surface area contributed by atoms with E-state index in [1.54, 1.807) is 19.4 Å². The van der Waals surface area contributed by atoms with Crippen LogP contribution in [0.1, 0.15) is 5.56 Å². The van der Waals surface area contributed by atoms with E-state index >= 15 is 0 Å². The first kappa shape index (κ1) is 13.6. The molecule has 6 heteroatoms. The second-order valence-corrected chi connectivity index (χ2v) is 5.04. The van der Waals surface area contributed by atoms with Crippen LogP contribution < -0.4 is 14.5 Å². The topological polar surface area (TPSA) is 54.4 Å². The van der Waals surface area contributed by atoms with E-state index in [0.29, 0.717) is 5.88 Å². The van der Waals surface area contributed by atoms with Crippen molar-refractivity contribution in [3.8, 4) is 5.88 Å². The molecule has 0 spiro atoms. The summed E-state index contributed by atoms with van der Waals surface area (Å²) in [6, 6.07) is 3.81. The molecule has 21 heavy (non-hydrogen) atoms. The van der Waals surface area contributed by atoms with Crippen molar-refractivity contribution in [2.24, 2.45) is 0 Å². The second-order valence-electron chi connectivity index (χ2n) is 5.04. The van der Waals surface area contributed by atoms with Crippen LogP contribution in [0.3, 0.4) is 0 Å². The molecule has 0 aromatic carbocycles. The molecule has 0 saturated carbocycles. The van der Waals surface area contributed by atoms with E-state index in [-0.39, 0.29) is 0 Å². The van der Waals surface area contributed by atoms with Crippen molar-refractivity contribution in [1.29, 1.82) is 0 Å². The molecule has 3 heterocycles. The first-order valence-electron chi connectivity index (χ1n) is 7.05. The lowest BCUT2D eigenvalue weighted by Gasteiger charge is -2.36. The summed E-state index contributed by atoms with van der Waals surface area (Å²) >= 11 is 0. The van der Waals surface area contributed by atoms with Gasteiger partial charge >= 0.3 is 0 Å². The van der Waals surface area contributed by atoms with Gasteiger partial charge in [0, 0.05) is 44.6 Å². The Morgan fingerprint density at radius 1 is 1.05 bits per heavy atom. The van der Waals surface area contributed by atoms with E-state index < -0.39 is 0 Å². The summed E-state index contributed by atoms with van der Waals surface area (Å²) in [4.78, 5) is 17.5. The summed E-state index contributed by atoms with van der Waals surface area (Å²) in [6.07, 6.45) is 5.50. The molecule has 0 bridgehead atoms. The maximum Gasteiger partial charge on any atom is 0.228 e. The lowest BCUT2D eigenvalue weighted by Crippen LogP contribution is -2.47. The van der Waals surface area contributed by atoms with Crippen LogP contribution in [0.15, 0.2) is 30.7 Å². The van der Waals surface area contributed by atoms with Crippen LogP contribution in [0.25, 0.3) is 0 Å². The fourth-order valence-electron chi connectivity index (χ4n) is 2.53. The van der Waals surface area contributed by atoms with E-state index in [1.165, 1.54) is 11.3 Å². The van der Waals surface area contributed by atoms with Crippen molar-refractivity contribution in [2.75, 3.05) is 43.1 Å². The first-order valence-corrected chi connectivity index (χ1v) is 7.05. The molecule has 2 aromatic rings. The molecule has 6 nitrogen and oxygen atoms in total. The standard InChI is InChI=1S/C15H19N5O/c1-12-3-5-16-11-13(12)19-7-9-20(10-8-19)15-17-6-4-14(18-15)21-2/h3-6,11H,7-10H2,1-2H3. The van der Waals surface area contributed by atoms with Gasteiger partial charge in [-0.3, -0.25) is 4.98 Å². The van der Waals surface area contributed by atoms with Crippen LogP contribution in [0.2, 0.25) is 0 Å². The van der Waals surface area contributed by atoms with E-state index in [0.717, 1.165) is 32.1 Å². The van der Waals surface area contributed by atoms with Gasteiger partial charge in [-0.25, -0.2) is 4.98 Å². The largest absolute Gasteiger partial charge is 0.481 e. The number of nitrogens with zero attached hydrogens (tertiary/aromatic N) is 5. The summed E-state index contributed by atoms with van der Waals surface area (Å²) in [5, 5.41) is 0. The number of ether oxygens (including phenoxy) is 1. The van der Waals surface area contributed by atoms with Crippen LogP contribution in [0.4, 0.5) is 11.6 Å². The molecule has 0 radical (unpaired) electrons. The molecular weight excluding hydrogens is 266 g/mol. The van der Waals surface area contributed by atoms with Gasteiger partial charge in [-0.1, -0.05) is 0 Å². The zero-order valence-corrected chi connectivity index (χ0v) is 12.4. The molecule has 2 aromatic heterocycles. The van der Waals surface area contributed by atoms with Gasteiger partial charge in [0.05, 0.1) is 19.0 Å². The highest BCUT2D eigenvalue weighted by atomic mass is 16.5. The Morgan fingerprint density at radius 3 is 2.52 bits per heavy atom. The molecule has 1 saturated heterocycles. The van der Waals surface area contributed by atoms with Crippen LogP contribution in [-0.4, -0.2) is 48.2 Å². The molecule has 1 aliphatic heterocycles. The lowest BCUT2D eigenvalue weighted by molar-refractivity contribution is 0.396. The smallest absolute Gasteiger partial charge is 0.228 e. The minimum Gasteiger partial charge on any atom is -0.481 e. The summed E-state index contributed by atoms with van der Waals surface area (Å²) in [6.45, 7) is 5.78. The average Bonchev–Trinajstić information content (AvgIpc) is 2.56. The lowest BCUT2D eigenvalue weighted by atomic mass is 10.2. The number of anilines is 2. The molecule has 0 amide bonds. The highest BCUT2D eigenvalue weighted by molar-refractivity contribution is 5.52. The third kappa shape index (κ3) is 2.89. The predicted molar refractivity (Wildman–Crippen MR) is 82.0 cm³/mol. The van der Waals surface area contributed by atoms with Gasteiger partial charge in [-0.05, 0) is 18.6 Å². The number of piperazine rings is 1. The fourth-order valence-corrected chi connectivity index (χ4v) is 2.53. The molecule has 0 atom stereocenters. The third-order valence-corrected chi connectivity index (χ3v) is 3.74. The van der Waals surface area contributed by atoms with E-state index in [4.69, 9.17) is 4.74 Å². The van der Waals surface area contributed by atoms with Gasteiger partial charge in [-0.2, -0.15) is 4.98 Å². The monoisotopic (exact) mass is 285 g/mol. The van der Waals surface area contributed by atoms with Gasteiger partial charge in [-0.15, -0.1) is 0 Å². The number of methoxy groups -OCH3 is 1. The summed E-state index contributed by atoms with van der Waals surface area (Å²) in [7, 11) is 1.62. The highest BCUT2D eigenvalue weighted by Crippen LogP contribution is 2.21. The van der Waals surface area contributed by atoms with Gasteiger partial charge in [0.2, 0.25) is 11.8 Å². The van der Waals surface area contributed by atoms with Gasteiger partial charge < -0.3 is 14.5 Å². The molecule has 0 N–H and O–H groups in total. The van der Waals surface area contributed by atoms with Crippen molar-refractivity contribution in [3.05, 3.63) is 36.3 Å². The summed E-state index contributed by atoms with van der Waals surface area (Å²) in [5.74, 6) is 1.34. The average molecular weight is 285 g/mol. The summed E-state index contributed by atoms with van der Waals surface area (Å²) < 4.78 is 5.16. The molecular formula is C15H19N5O. The first-order chi connectivity index (χ1) is 10.3. The minimum absolute atomic E-state index is 0.602. The maximum atomic E-state index is 5.16. The Bertz CT molecular complexity index is 611. The highest BCUT2D eigenvalue weighted by Gasteiger charge is 2.20. The Morgan fingerprint density at radius 2 is 1.81 bits per heavy atom. The fraction of sp³-hybridized carbons (Fsp3) is 0.400. The normalized spacial score (nSPS) is 15.1. The number of hydrogen-bond donors (Lipinski definition) is 0. The molecule has 0 aliphatic carbocycles. The number of aryl methyl sites for hydroxylation is 1. The molecule has 3 rings (SSSR count). The van der Waals surface area contributed by atoms with Crippen LogP contribution in [-0.2, 0) is 0 Å². The Hall–Kier alpha value is -2.37. The Labute approximate surface area is 124 Å². The predicted octanol–water partition coefficient (Wildman–Crippen LogP) is 1.52. The van der Waals surface area contributed by atoms with E-state index in [1.807, 2.05) is 18.5 Å². The maximum absolute atomic E-state index is 5.16. The SMILES string of the molecule is COc1ccnc(N2CCN(c3cnccc3C)CC2)n1. The van der Waals surface area contributed by atoms with Crippen LogP contribution >= 0.6 is 0 Å². The number of hydrogen-bond acceptors (Lipinski definition) is 6. The van der Waals surface area contributed by atoms with Gasteiger partial charge in [0.25, 0.3) is 0 Å². The van der Waals surface area contributed by atoms with Gasteiger partial charge in [0.1, 0.15) is 0 Å². The number of pyridine rings is 1. The van der Waals surface area contributed by atoms with Crippen molar-refractivity contribution in [2.45, 2.75) is 6.92 Å². The van der Waals surface area contributed by atoms with Crippen LogP contribution in [0, 0.1) is 6.92 Å². The summed E-state index contributed by atoms with van der Waals surface area (Å²) in [5.41, 5.74) is 2.47. The minimum atomic E-state index is 0.602. The third-order valence-electron chi connectivity index (χ3n) is 3.74.